The molecule has 0 aromatic heterocycles. The molecule has 0 unspecified atom stereocenters. The van der Waals surface area contributed by atoms with Crippen LogP contribution in [0.5, 0.6) is 0 Å². The Hall–Kier alpha value is -0.120. The molecule has 3 nitrogen and oxygen atoms in total. The van der Waals surface area contributed by atoms with Crippen molar-refractivity contribution < 1.29 is 0 Å². The van der Waals surface area contributed by atoms with Crippen LogP contribution < -0.4 is 11.5 Å². The van der Waals surface area contributed by atoms with E-state index in [1.165, 1.54) is 32.4 Å². The molecule has 0 saturated carbocycles. The summed E-state index contributed by atoms with van der Waals surface area (Å²) in [5, 5.41) is 0. The van der Waals surface area contributed by atoms with E-state index in [0.29, 0.717) is 19.1 Å². The summed E-state index contributed by atoms with van der Waals surface area (Å²) in [6, 6.07) is 0.426. The van der Waals surface area contributed by atoms with Gasteiger partial charge in [-0.15, -0.1) is 0 Å². The van der Waals surface area contributed by atoms with Gasteiger partial charge in [-0.05, 0) is 25.9 Å². The molecule has 3 heteroatoms. The van der Waals surface area contributed by atoms with E-state index in [2.05, 4.69) is 4.90 Å². The van der Waals surface area contributed by atoms with Crippen LogP contribution in [-0.2, 0) is 0 Å². The first kappa shape index (κ1) is 8.97. The molecule has 0 radical (unpaired) electrons. The van der Waals surface area contributed by atoms with Gasteiger partial charge in [-0.1, -0.05) is 6.42 Å². The second kappa shape index (κ2) is 4.70. The van der Waals surface area contributed by atoms with Crippen molar-refractivity contribution in [1.82, 2.24) is 4.90 Å². The van der Waals surface area contributed by atoms with E-state index in [9.17, 15) is 0 Å². The number of piperidine rings is 1. The molecule has 0 atom stereocenters. The smallest absolute Gasteiger partial charge is 0.0340 e. The first-order chi connectivity index (χ1) is 5.38. The molecule has 0 aliphatic carbocycles. The topological polar surface area (TPSA) is 55.3 Å². The summed E-state index contributed by atoms with van der Waals surface area (Å²) < 4.78 is 0. The second-order valence-electron chi connectivity index (χ2n) is 3.22. The van der Waals surface area contributed by atoms with Crippen molar-refractivity contribution in [2.45, 2.75) is 25.3 Å². The molecular formula is C8H19N3. The Balaban J connectivity index is 2.30. The van der Waals surface area contributed by atoms with Gasteiger partial charge in [0, 0.05) is 19.1 Å². The molecule has 1 saturated heterocycles. The molecule has 0 aromatic rings. The Kier molecular flexibility index (Phi) is 3.83. The molecule has 4 N–H and O–H groups in total. The summed E-state index contributed by atoms with van der Waals surface area (Å²) in [5.41, 5.74) is 11.2. The number of likely N-dealkylation sites (tertiary alicyclic amines) is 1. The highest BCUT2D eigenvalue weighted by molar-refractivity contribution is 4.75. The number of hydrogen-bond donors (Lipinski definition) is 2. The lowest BCUT2D eigenvalue weighted by atomic mass is 10.1. The lowest BCUT2D eigenvalue weighted by Crippen LogP contribution is -2.47. The van der Waals surface area contributed by atoms with Crippen molar-refractivity contribution in [2.24, 2.45) is 11.5 Å². The van der Waals surface area contributed by atoms with Crippen LogP contribution in [0.2, 0.25) is 0 Å². The highest BCUT2D eigenvalue weighted by Crippen LogP contribution is 2.10. The molecule has 1 rings (SSSR count). The van der Waals surface area contributed by atoms with Gasteiger partial charge in [0.15, 0.2) is 0 Å². The van der Waals surface area contributed by atoms with Crippen LogP contribution >= 0.6 is 0 Å². The normalized spacial score (nSPS) is 21.0. The molecule has 0 aromatic carbocycles. The molecule has 66 valence electrons. The van der Waals surface area contributed by atoms with Crippen LogP contribution in [0.25, 0.3) is 0 Å². The molecule has 0 bridgehead atoms. The Morgan fingerprint density at radius 1 is 1.00 bits per heavy atom. The molecule has 1 aliphatic heterocycles. The van der Waals surface area contributed by atoms with Crippen molar-refractivity contribution in [1.29, 1.82) is 0 Å². The van der Waals surface area contributed by atoms with Crippen LogP contribution in [0, 0.1) is 0 Å². The minimum atomic E-state index is 0.426. The maximum atomic E-state index is 5.59. The average molecular weight is 157 g/mol. The lowest BCUT2D eigenvalue weighted by molar-refractivity contribution is 0.171. The predicted octanol–water partition coefficient (Wildman–Crippen LogP) is -0.242. The number of nitrogens with zero attached hydrogens (tertiary/aromatic N) is 1. The fourth-order valence-electron chi connectivity index (χ4n) is 1.68. The monoisotopic (exact) mass is 157 g/mol. The van der Waals surface area contributed by atoms with E-state index in [-0.39, 0.29) is 0 Å². The molecular weight excluding hydrogens is 138 g/mol. The minimum absolute atomic E-state index is 0.426. The van der Waals surface area contributed by atoms with Gasteiger partial charge >= 0.3 is 0 Å². The SMILES string of the molecule is NCC(CN)N1CCCCC1. The number of nitrogens with two attached hydrogens (primary N) is 2. The maximum absolute atomic E-state index is 5.59. The summed E-state index contributed by atoms with van der Waals surface area (Å²) in [6.45, 7) is 3.80. The average Bonchev–Trinajstić information content (AvgIpc) is 2.09. The van der Waals surface area contributed by atoms with Gasteiger partial charge in [0.05, 0.1) is 0 Å². The summed E-state index contributed by atoms with van der Waals surface area (Å²) in [7, 11) is 0. The highest BCUT2D eigenvalue weighted by Gasteiger charge is 2.17. The fourth-order valence-corrected chi connectivity index (χ4v) is 1.68. The summed E-state index contributed by atoms with van der Waals surface area (Å²) in [6.07, 6.45) is 4.01. The summed E-state index contributed by atoms with van der Waals surface area (Å²) >= 11 is 0. The number of hydrogen-bond acceptors (Lipinski definition) is 3. The van der Waals surface area contributed by atoms with E-state index in [4.69, 9.17) is 11.5 Å². The fraction of sp³-hybridized carbons (Fsp3) is 1.00. The van der Waals surface area contributed by atoms with Gasteiger partial charge in [-0.25, -0.2) is 0 Å². The van der Waals surface area contributed by atoms with Crippen LogP contribution in [-0.4, -0.2) is 37.1 Å². The minimum Gasteiger partial charge on any atom is -0.329 e. The molecule has 1 fully saturated rings. The molecule has 1 aliphatic rings. The Bertz CT molecular complexity index is 95.5. The van der Waals surface area contributed by atoms with Crippen LogP contribution in [0.1, 0.15) is 19.3 Å². The Morgan fingerprint density at radius 2 is 1.55 bits per heavy atom. The third-order valence-corrected chi connectivity index (χ3v) is 2.45. The van der Waals surface area contributed by atoms with Crippen molar-refractivity contribution in [3.05, 3.63) is 0 Å². The van der Waals surface area contributed by atoms with Crippen molar-refractivity contribution in [3.8, 4) is 0 Å². The Morgan fingerprint density at radius 3 is 2.00 bits per heavy atom. The zero-order chi connectivity index (χ0) is 8.10. The predicted molar refractivity (Wildman–Crippen MR) is 47.3 cm³/mol. The number of rotatable bonds is 3. The van der Waals surface area contributed by atoms with Gasteiger partial charge in [-0.3, -0.25) is 4.90 Å². The zero-order valence-corrected chi connectivity index (χ0v) is 7.13. The summed E-state index contributed by atoms with van der Waals surface area (Å²) in [4.78, 5) is 2.42. The second-order valence-corrected chi connectivity index (χ2v) is 3.22. The summed E-state index contributed by atoms with van der Waals surface area (Å²) in [5.74, 6) is 0. The van der Waals surface area contributed by atoms with E-state index in [1.807, 2.05) is 0 Å². The van der Waals surface area contributed by atoms with E-state index < -0.39 is 0 Å². The molecule has 11 heavy (non-hydrogen) atoms. The quantitative estimate of drug-likeness (QED) is 0.594. The van der Waals surface area contributed by atoms with Gasteiger partial charge in [0.2, 0.25) is 0 Å². The molecule has 0 amide bonds. The van der Waals surface area contributed by atoms with Gasteiger partial charge in [0.25, 0.3) is 0 Å². The van der Waals surface area contributed by atoms with E-state index in [0.717, 1.165) is 0 Å². The largest absolute Gasteiger partial charge is 0.329 e. The van der Waals surface area contributed by atoms with E-state index in [1.54, 1.807) is 0 Å². The maximum Gasteiger partial charge on any atom is 0.0340 e. The third-order valence-electron chi connectivity index (χ3n) is 2.45. The van der Waals surface area contributed by atoms with Crippen LogP contribution in [0.3, 0.4) is 0 Å². The molecule has 1 heterocycles. The van der Waals surface area contributed by atoms with Crippen molar-refractivity contribution >= 4 is 0 Å². The van der Waals surface area contributed by atoms with Crippen LogP contribution in [0.15, 0.2) is 0 Å². The third kappa shape index (κ3) is 2.43. The van der Waals surface area contributed by atoms with Crippen molar-refractivity contribution in [2.75, 3.05) is 26.2 Å². The highest BCUT2D eigenvalue weighted by atomic mass is 15.2. The lowest BCUT2D eigenvalue weighted by Gasteiger charge is -2.32. The molecule has 0 spiro atoms. The zero-order valence-electron chi connectivity index (χ0n) is 7.13. The Labute approximate surface area is 68.7 Å². The van der Waals surface area contributed by atoms with Gasteiger partial charge in [0.1, 0.15) is 0 Å². The van der Waals surface area contributed by atoms with Crippen LogP contribution in [0.4, 0.5) is 0 Å². The van der Waals surface area contributed by atoms with E-state index >= 15 is 0 Å². The standard InChI is InChI=1S/C8H19N3/c9-6-8(7-10)11-4-2-1-3-5-11/h8H,1-7,9-10H2. The van der Waals surface area contributed by atoms with Gasteiger partial charge < -0.3 is 11.5 Å². The first-order valence-corrected chi connectivity index (χ1v) is 4.52. The van der Waals surface area contributed by atoms with Crippen molar-refractivity contribution in [3.63, 3.8) is 0 Å². The first-order valence-electron chi connectivity index (χ1n) is 4.52. The van der Waals surface area contributed by atoms with Gasteiger partial charge in [-0.2, -0.15) is 0 Å².